The van der Waals surface area contributed by atoms with Crippen LogP contribution in [0.1, 0.15) is 0 Å². The van der Waals surface area contributed by atoms with Gasteiger partial charge in [-0.1, -0.05) is 11.6 Å². The summed E-state index contributed by atoms with van der Waals surface area (Å²) in [5.41, 5.74) is 0.932. The van der Waals surface area contributed by atoms with Crippen molar-refractivity contribution in [3.05, 3.63) is 59.1 Å². The molecule has 0 aromatic heterocycles. The van der Waals surface area contributed by atoms with Gasteiger partial charge in [0, 0.05) is 11.4 Å². The van der Waals surface area contributed by atoms with E-state index in [1.165, 1.54) is 36.4 Å². The quantitative estimate of drug-likeness (QED) is 0.904. The summed E-state index contributed by atoms with van der Waals surface area (Å²) < 4.78 is 25.9. The lowest BCUT2D eigenvalue weighted by atomic mass is 10.3. The van der Waals surface area contributed by atoms with Gasteiger partial charge < -0.3 is 10.6 Å². The first-order valence-corrected chi connectivity index (χ1v) is 6.17. The van der Waals surface area contributed by atoms with Gasteiger partial charge in [-0.25, -0.2) is 8.78 Å². The number of halogens is 3. The topological polar surface area (TPSA) is 41.1 Å². The molecule has 0 radical (unpaired) electrons. The lowest BCUT2D eigenvalue weighted by Crippen LogP contribution is -2.21. The van der Waals surface area contributed by atoms with E-state index in [0.29, 0.717) is 11.4 Å². The molecule has 2 N–H and O–H groups in total. The Morgan fingerprint density at radius 2 is 1.70 bits per heavy atom. The van der Waals surface area contributed by atoms with Gasteiger partial charge in [0.1, 0.15) is 11.6 Å². The van der Waals surface area contributed by atoms with Gasteiger partial charge >= 0.3 is 0 Å². The first-order valence-electron chi connectivity index (χ1n) is 5.79. The third-order valence-corrected chi connectivity index (χ3v) is 2.81. The first kappa shape index (κ1) is 14.3. The number of nitrogens with one attached hydrogen (secondary N) is 2. The van der Waals surface area contributed by atoms with Crippen LogP contribution in [-0.4, -0.2) is 12.5 Å². The molecule has 6 heteroatoms. The summed E-state index contributed by atoms with van der Waals surface area (Å²) in [5.74, 6) is -1.26. The number of benzene rings is 2. The summed E-state index contributed by atoms with van der Waals surface area (Å²) in [6.07, 6.45) is 0. The standard InChI is InChI=1S/C14H11ClF2N2O/c15-12-6-5-11(7-13(12)17)18-8-14(20)19-10-3-1-9(16)2-4-10/h1-7,18H,8H2,(H,19,20). The molecule has 0 saturated carbocycles. The summed E-state index contributed by atoms with van der Waals surface area (Å²) in [6, 6.07) is 9.57. The molecule has 20 heavy (non-hydrogen) atoms. The third kappa shape index (κ3) is 3.93. The minimum absolute atomic E-state index is 0.0197. The van der Waals surface area contributed by atoms with Crippen LogP contribution < -0.4 is 10.6 Å². The van der Waals surface area contributed by atoms with Crippen molar-refractivity contribution in [3.63, 3.8) is 0 Å². The van der Waals surface area contributed by atoms with Crippen LogP contribution in [0.3, 0.4) is 0 Å². The highest BCUT2D eigenvalue weighted by Crippen LogP contribution is 2.18. The van der Waals surface area contributed by atoms with Crippen LogP contribution in [0.25, 0.3) is 0 Å². The van der Waals surface area contributed by atoms with E-state index < -0.39 is 5.82 Å². The number of carbonyl (C=O) groups excluding carboxylic acids is 1. The monoisotopic (exact) mass is 296 g/mol. The molecule has 104 valence electrons. The molecular formula is C14H11ClF2N2O. The van der Waals surface area contributed by atoms with Gasteiger partial charge in [-0.15, -0.1) is 0 Å². The number of carbonyl (C=O) groups is 1. The van der Waals surface area contributed by atoms with E-state index in [9.17, 15) is 13.6 Å². The van der Waals surface area contributed by atoms with E-state index in [4.69, 9.17) is 11.6 Å². The maximum atomic E-state index is 13.2. The lowest BCUT2D eigenvalue weighted by molar-refractivity contribution is -0.114. The fourth-order valence-corrected chi connectivity index (χ4v) is 1.64. The van der Waals surface area contributed by atoms with Crippen LogP contribution in [0.5, 0.6) is 0 Å². The number of amides is 1. The van der Waals surface area contributed by atoms with E-state index in [0.717, 1.165) is 0 Å². The predicted octanol–water partition coefficient (Wildman–Crippen LogP) is 3.67. The van der Waals surface area contributed by atoms with Gasteiger partial charge in [-0.2, -0.15) is 0 Å². The molecule has 2 rings (SSSR count). The van der Waals surface area contributed by atoms with E-state index in [1.807, 2.05) is 0 Å². The predicted molar refractivity (Wildman–Crippen MR) is 74.9 cm³/mol. The van der Waals surface area contributed by atoms with Crippen LogP contribution >= 0.6 is 11.6 Å². The summed E-state index contributed by atoms with van der Waals surface area (Å²) in [5, 5.41) is 5.36. The Balaban J connectivity index is 1.88. The van der Waals surface area contributed by atoms with Crippen LogP contribution in [0.2, 0.25) is 5.02 Å². The molecule has 0 aliphatic heterocycles. The molecule has 0 saturated heterocycles. The van der Waals surface area contributed by atoms with Crippen molar-refractivity contribution in [2.24, 2.45) is 0 Å². The second-order valence-corrected chi connectivity index (χ2v) is 4.44. The molecular weight excluding hydrogens is 286 g/mol. The average Bonchev–Trinajstić information content (AvgIpc) is 2.43. The van der Waals surface area contributed by atoms with Crippen LogP contribution in [-0.2, 0) is 4.79 Å². The van der Waals surface area contributed by atoms with Crippen molar-refractivity contribution in [1.82, 2.24) is 0 Å². The van der Waals surface area contributed by atoms with Crippen molar-refractivity contribution >= 4 is 28.9 Å². The van der Waals surface area contributed by atoms with Gasteiger partial charge in [-0.05, 0) is 42.5 Å². The van der Waals surface area contributed by atoms with Crippen LogP contribution in [0, 0.1) is 11.6 Å². The molecule has 0 bridgehead atoms. The number of hydrogen-bond donors (Lipinski definition) is 2. The number of rotatable bonds is 4. The molecule has 0 aliphatic rings. The molecule has 0 spiro atoms. The minimum atomic E-state index is -0.560. The number of anilines is 2. The Morgan fingerprint density at radius 1 is 1.05 bits per heavy atom. The first-order chi connectivity index (χ1) is 9.54. The summed E-state index contributed by atoms with van der Waals surface area (Å²) in [7, 11) is 0. The molecule has 0 atom stereocenters. The Bertz CT molecular complexity index is 617. The average molecular weight is 297 g/mol. The van der Waals surface area contributed by atoms with Gasteiger partial charge in [-0.3, -0.25) is 4.79 Å². The lowest BCUT2D eigenvalue weighted by Gasteiger charge is -2.08. The Kier molecular flexibility index (Phi) is 4.53. The van der Waals surface area contributed by atoms with Gasteiger partial charge in [0.15, 0.2) is 0 Å². The molecule has 0 heterocycles. The van der Waals surface area contributed by atoms with Crippen molar-refractivity contribution in [2.75, 3.05) is 17.2 Å². The Hall–Kier alpha value is -2.14. The highest BCUT2D eigenvalue weighted by molar-refractivity contribution is 6.30. The van der Waals surface area contributed by atoms with Crippen LogP contribution in [0.4, 0.5) is 20.2 Å². The third-order valence-electron chi connectivity index (χ3n) is 2.50. The fraction of sp³-hybridized carbons (Fsp3) is 0.0714. The van der Waals surface area contributed by atoms with Gasteiger partial charge in [0.05, 0.1) is 11.6 Å². The summed E-state index contributed by atoms with van der Waals surface area (Å²) in [6.45, 7) is -0.0432. The maximum Gasteiger partial charge on any atom is 0.243 e. The Morgan fingerprint density at radius 3 is 2.35 bits per heavy atom. The van der Waals surface area contributed by atoms with Gasteiger partial charge in [0.25, 0.3) is 0 Å². The van der Waals surface area contributed by atoms with E-state index in [-0.39, 0.29) is 23.3 Å². The van der Waals surface area contributed by atoms with E-state index in [1.54, 1.807) is 6.07 Å². The molecule has 2 aromatic rings. The molecule has 2 aromatic carbocycles. The Labute approximate surface area is 119 Å². The zero-order chi connectivity index (χ0) is 14.5. The molecule has 0 fully saturated rings. The number of hydrogen-bond acceptors (Lipinski definition) is 2. The zero-order valence-electron chi connectivity index (χ0n) is 10.3. The van der Waals surface area contributed by atoms with Crippen LogP contribution in [0.15, 0.2) is 42.5 Å². The maximum absolute atomic E-state index is 13.2. The van der Waals surface area contributed by atoms with Crippen molar-refractivity contribution < 1.29 is 13.6 Å². The molecule has 1 amide bonds. The largest absolute Gasteiger partial charge is 0.376 e. The second kappa shape index (κ2) is 6.34. The zero-order valence-corrected chi connectivity index (χ0v) is 11.0. The highest BCUT2D eigenvalue weighted by atomic mass is 35.5. The van der Waals surface area contributed by atoms with E-state index >= 15 is 0 Å². The van der Waals surface area contributed by atoms with Crippen molar-refractivity contribution in [1.29, 1.82) is 0 Å². The smallest absolute Gasteiger partial charge is 0.243 e. The molecule has 0 aliphatic carbocycles. The van der Waals surface area contributed by atoms with Crippen molar-refractivity contribution in [2.45, 2.75) is 0 Å². The normalized spacial score (nSPS) is 10.2. The SMILES string of the molecule is O=C(CNc1ccc(Cl)c(F)c1)Nc1ccc(F)cc1. The molecule has 0 unspecified atom stereocenters. The van der Waals surface area contributed by atoms with Gasteiger partial charge in [0.2, 0.25) is 5.91 Å². The van der Waals surface area contributed by atoms with E-state index in [2.05, 4.69) is 10.6 Å². The minimum Gasteiger partial charge on any atom is -0.376 e. The summed E-state index contributed by atoms with van der Waals surface area (Å²) in [4.78, 5) is 11.6. The summed E-state index contributed by atoms with van der Waals surface area (Å²) >= 11 is 5.55. The second-order valence-electron chi connectivity index (χ2n) is 4.04. The van der Waals surface area contributed by atoms with Crippen molar-refractivity contribution in [3.8, 4) is 0 Å². The highest BCUT2D eigenvalue weighted by Gasteiger charge is 2.04. The fourth-order valence-electron chi connectivity index (χ4n) is 1.53. The molecule has 3 nitrogen and oxygen atoms in total.